The number of amides is 1. The van der Waals surface area contributed by atoms with Gasteiger partial charge in [0, 0.05) is 19.0 Å². The van der Waals surface area contributed by atoms with E-state index in [2.05, 4.69) is 0 Å². The molecule has 1 amide bonds. The van der Waals surface area contributed by atoms with Crippen molar-refractivity contribution in [3.63, 3.8) is 0 Å². The van der Waals surface area contributed by atoms with Gasteiger partial charge in [0.05, 0.1) is 0 Å². The number of hydrogen-bond donors (Lipinski definition) is 0. The molecule has 17 heavy (non-hydrogen) atoms. The third-order valence-corrected chi connectivity index (χ3v) is 2.66. The summed E-state index contributed by atoms with van der Waals surface area (Å²) < 4.78 is 17.5. The van der Waals surface area contributed by atoms with Gasteiger partial charge in [0.1, 0.15) is 12.3 Å². The van der Waals surface area contributed by atoms with E-state index in [0.29, 0.717) is 13.0 Å². The Hall–Kier alpha value is -1.13. The Balaban J connectivity index is 2.55. The van der Waals surface area contributed by atoms with Crippen molar-refractivity contribution in [1.29, 1.82) is 0 Å². The summed E-state index contributed by atoms with van der Waals surface area (Å²) in [4.78, 5) is 24.5. The summed E-state index contributed by atoms with van der Waals surface area (Å²) >= 11 is 0. The number of rotatable bonds is 2. The zero-order chi connectivity index (χ0) is 13.1. The maximum atomic E-state index is 12.3. The van der Waals surface area contributed by atoms with Gasteiger partial charge < -0.3 is 9.64 Å². The Morgan fingerprint density at radius 1 is 1.41 bits per heavy atom. The van der Waals surface area contributed by atoms with Crippen LogP contribution in [0.4, 0.5) is 9.18 Å². The molecular formula is C12H20FNO3. The molecule has 1 aliphatic heterocycles. The quantitative estimate of drug-likeness (QED) is 0.749. The predicted octanol–water partition coefficient (Wildman–Crippen LogP) is 2.17. The van der Waals surface area contributed by atoms with Crippen LogP contribution in [0.3, 0.4) is 0 Å². The molecule has 0 saturated carbocycles. The van der Waals surface area contributed by atoms with Crippen LogP contribution in [-0.4, -0.2) is 42.1 Å². The molecule has 0 aromatic rings. The van der Waals surface area contributed by atoms with E-state index in [-0.39, 0.29) is 12.5 Å². The average Bonchev–Trinajstić information content (AvgIpc) is 2.26. The van der Waals surface area contributed by atoms with Gasteiger partial charge in [0.2, 0.25) is 0 Å². The van der Waals surface area contributed by atoms with E-state index in [4.69, 9.17) is 4.74 Å². The van der Waals surface area contributed by atoms with Crippen LogP contribution >= 0.6 is 0 Å². The Labute approximate surface area is 101 Å². The number of halogens is 1. The molecule has 1 heterocycles. The van der Waals surface area contributed by atoms with Crippen molar-refractivity contribution in [3.05, 3.63) is 0 Å². The summed E-state index contributed by atoms with van der Waals surface area (Å²) in [6, 6.07) is 0. The van der Waals surface area contributed by atoms with Gasteiger partial charge in [0.15, 0.2) is 5.78 Å². The van der Waals surface area contributed by atoms with Crippen molar-refractivity contribution < 1.29 is 18.7 Å². The number of carbonyl (C=O) groups excluding carboxylic acids is 2. The Kier molecular flexibility index (Phi) is 4.48. The Morgan fingerprint density at radius 2 is 2.06 bits per heavy atom. The summed E-state index contributed by atoms with van der Waals surface area (Å²) in [5.74, 6) is -0.792. The lowest BCUT2D eigenvalue weighted by Crippen LogP contribution is -2.44. The van der Waals surface area contributed by atoms with Crippen molar-refractivity contribution in [2.75, 3.05) is 19.8 Å². The first-order valence-corrected chi connectivity index (χ1v) is 5.90. The largest absolute Gasteiger partial charge is 0.444 e. The van der Waals surface area contributed by atoms with Crippen LogP contribution in [0.5, 0.6) is 0 Å². The molecule has 0 radical (unpaired) electrons. The van der Waals surface area contributed by atoms with E-state index in [0.717, 1.165) is 6.42 Å². The van der Waals surface area contributed by atoms with Crippen LogP contribution in [0, 0.1) is 5.92 Å². The summed E-state index contributed by atoms with van der Waals surface area (Å²) in [5, 5.41) is 0. The zero-order valence-electron chi connectivity index (χ0n) is 10.7. The fourth-order valence-electron chi connectivity index (χ4n) is 1.84. The number of nitrogens with zero attached hydrogens (tertiary/aromatic N) is 1. The van der Waals surface area contributed by atoms with Crippen LogP contribution in [0.2, 0.25) is 0 Å². The molecule has 1 saturated heterocycles. The molecular weight excluding hydrogens is 225 g/mol. The van der Waals surface area contributed by atoms with E-state index in [1.54, 1.807) is 20.8 Å². The fraction of sp³-hybridized carbons (Fsp3) is 0.833. The van der Waals surface area contributed by atoms with Gasteiger partial charge in [-0.05, 0) is 33.6 Å². The highest BCUT2D eigenvalue weighted by molar-refractivity contribution is 5.83. The fourth-order valence-corrected chi connectivity index (χ4v) is 1.84. The first kappa shape index (κ1) is 13.9. The minimum atomic E-state index is -0.952. The zero-order valence-corrected chi connectivity index (χ0v) is 10.7. The molecule has 0 aliphatic carbocycles. The van der Waals surface area contributed by atoms with E-state index in [9.17, 15) is 14.0 Å². The molecule has 98 valence electrons. The van der Waals surface area contributed by atoms with Crippen molar-refractivity contribution in [2.24, 2.45) is 5.92 Å². The molecule has 1 aliphatic rings. The number of likely N-dealkylation sites (tertiary alicyclic amines) is 1. The first-order valence-electron chi connectivity index (χ1n) is 5.90. The Bertz CT molecular complexity index is 299. The first-order chi connectivity index (χ1) is 7.83. The van der Waals surface area contributed by atoms with Crippen LogP contribution in [0.25, 0.3) is 0 Å². The smallest absolute Gasteiger partial charge is 0.410 e. The van der Waals surface area contributed by atoms with E-state index >= 15 is 0 Å². The second kappa shape index (κ2) is 5.47. The molecule has 0 aromatic heterocycles. The average molecular weight is 245 g/mol. The number of Topliss-reactive ketones (excluding diaryl/α,β-unsaturated/α-hetero) is 1. The lowest BCUT2D eigenvalue weighted by Gasteiger charge is -2.33. The molecule has 0 bridgehead atoms. The summed E-state index contributed by atoms with van der Waals surface area (Å²) in [5.41, 5.74) is -0.547. The van der Waals surface area contributed by atoms with Gasteiger partial charge in [-0.1, -0.05) is 0 Å². The molecule has 1 rings (SSSR count). The SMILES string of the molecule is CC(C)(C)OC(=O)N1CCCC(C(=O)CF)C1. The van der Waals surface area contributed by atoms with Gasteiger partial charge >= 0.3 is 6.09 Å². The van der Waals surface area contributed by atoms with Gasteiger partial charge in [-0.3, -0.25) is 4.79 Å². The molecule has 0 aromatic carbocycles. The van der Waals surface area contributed by atoms with Gasteiger partial charge in [-0.15, -0.1) is 0 Å². The molecule has 0 N–H and O–H groups in total. The maximum absolute atomic E-state index is 12.3. The highest BCUT2D eigenvalue weighted by atomic mass is 19.1. The van der Waals surface area contributed by atoms with E-state index < -0.39 is 24.2 Å². The number of ether oxygens (including phenoxy) is 1. The molecule has 1 unspecified atom stereocenters. The molecule has 5 heteroatoms. The normalized spacial score (nSPS) is 21.2. The van der Waals surface area contributed by atoms with Crippen molar-refractivity contribution in [1.82, 2.24) is 4.90 Å². The minimum absolute atomic E-state index is 0.275. The molecule has 0 spiro atoms. The third-order valence-electron chi connectivity index (χ3n) is 2.66. The van der Waals surface area contributed by atoms with Gasteiger partial charge in [-0.25, -0.2) is 9.18 Å². The summed E-state index contributed by atoms with van der Waals surface area (Å²) in [7, 11) is 0. The monoisotopic (exact) mass is 245 g/mol. The third kappa shape index (κ3) is 4.32. The van der Waals surface area contributed by atoms with Crippen LogP contribution in [-0.2, 0) is 9.53 Å². The predicted molar refractivity (Wildman–Crippen MR) is 61.5 cm³/mol. The second-order valence-corrected chi connectivity index (χ2v) is 5.37. The summed E-state index contributed by atoms with van der Waals surface area (Å²) in [6.45, 7) is 5.27. The number of alkyl halides is 1. The number of carbonyl (C=O) groups is 2. The highest BCUT2D eigenvalue weighted by Crippen LogP contribution is 2.20. The van der Waals surface area contributed by atoms with Crippen molar-refractivity contribution in [2.45, 2.75) is 39.2 Å². The lowest BCUT2D eigenvalue weighted by molar-refractivity contribution is -0.125. The number of hydrogen-bond acceptors (Lipinski definition) is 3. The van der Waals surface area contributed by atoms with Crippen molar-refractivity contribution in [3.8, 4) is 0 Å². The second-order valence-electron chi connectivity index (χ2n) is 5.37. The van der Waals surface area contributed by atoms with Crippen LogP contribution in [0.1, 0.15) is 33.6 Å². The van der Waals surface area contributed by atoms with E-state index in [1.165, 1.54) is 4.90 Å². The van der Waals surface area contributed by atoms with Crippen molar-refractivity contribution >= 4 is 11.9 Å². The van der Waals surface area contributed by atoms with Gasteiger partial charge in [0.25, 0.3) is 0 Å². The lowest BCUT2D eigenvalue weighted by atomic mass is 9.94. The van der Waals surface area contributed by atoms with E-state index in [1.807, 2.05) is 0 Å². The molecule has 4 nitrogen and oxygen atoms in total. The highest BCUT2D eigenvalue weighted by Gasteiger charge is 2.30. The number of piperidine rings is 1. The Morgan fingerprint density at radius 3 is 2.59 bits per heavy atom. The topological polar surface area (TPSA) is 46.6 Å². The van der Waals surface area contributed by atoms with Crippen LogP contribution < -0.4 is 0 Å². The maximum Gasteiger partial charge on any atom is 0.410 e. The minimum Gasteiger partial charge on any atom is -0.444 e. The number of ketones is 1. The molecule has 1 fully saturated rings. The van der Waals surface area contributed by atoms with Gasteiger partial charge in [-0.2, -0.15) is 0 Å². The van der Waals surface area contributed by atoms with Crippen LogP contribution in [0.15, 0.2) is 0 Å². The standard InChI is InChI=1S/C12H20FNO3/c1-12(2,3)17-11(16)14-6-4-5-9(8-14)10(15)7-13/h9H,4-8H2,1-3H3. The molecule has 1 atom stereocenters. The summed E-state index contributed by atoms with van der Waals surface area (Å²) in [6.07, 6.45) is 0.950.